The van der Waals surface area contributed by atoms with Crippen molar-refractivity contribution in [3.8, 4) is 0 Å². The molecule has 3 rings (SSSR count). The first kappa shape index (κ1) is 16.7. The molecule has 0 radical (unpaired) electrons. The molecular formula is C19H24N2O3. The highest BCUT2D eigenvalue weighted by Crippen LogP contribution is 2.21. The van der Waals surface area contributed by atoms with Crippen molar-refractivity contribution in [2.75, 3.05) is 25.5 Å². The first-order chi connectivity index (χ1) is 11.7. The number of hydrogen-bond donors (Lipinski definition) is 1. The van der Waals surface area contributed by atoms with Crippen LogP contribution in [-0.2, 0) is 22.7 Å². The quantitative estimate of drug-likeness (QED) is 0.884. The molecule has 0 saturated carbocycles. The minimum absolute atomic E-state index is 0.0207. The van der Waals surface area contributed by atoms with Gasteiger partial charge in [-0.1, -0.05) is 18.2 Å². The molecule has 1 aromatic carbocycles. The number of likely N-dealkylation sites (tertiary alicyclic amines) is 1. The lowest BCUT2D eigenvalue weighted by atomic mass is 9.97. The second-order valence-corrected chi connectivity index (χ2v) is 6.23. The summed E-state index contributed by atoms with van der Waals surface area (Å²) in [5.41, 5.74) is 0.856. The van der Waals surface area contributed by atoms with E-state index in [0.717, 1.165) is 49.7 Å². The van der Waals surface area contributed by atoms with E-state index in [-0.39, 0.29) is 11.8 Å². The van der Waals surface area contributed by atoms with Gasteiger partial charge in [0.05, 0.1) is 12.5 Å². The number of furan rings is 1. The van der Waals surface area contributed by atoms with Crippen molar-refractivity contribution < 1.29 is 13.9 Å². The molecule has 5 nitrogen and oxygen atoms in total. The Morgan fingerprint density at radius 2 is 2.04 bits per heavy atom. The number of anilines is 1. The van der Waals surface area contributed by atoms with Crippen LogP contribution in [0.1, 0.15) is 24.4 Å². The summed E-state index contributed by atoms with van der Waals surface area (Å²) in [7, 11) is 1.66. The van der Waals surface area contributed by atoms with Gasteiger partial charge in [-0.25, -0.2) is 0 Å². The fourth-order valence-corrected chi connectivity index (χ4v) is 3.13. The molecule has 1 amide bonds. The maximum Gasteiger partial charge on any atom is 0.228 e. The van der Waals surface area contributed by atoms with Crippen LogP contribution in [0.15, 0.2) is 46.9 Å². The first-order valence-corrected chi connectivity index (χ1v) is 8.39. The van der Waals surface area contributed by atoms with Crippen LogP contribution in [0, 0.1) is 5.92 Å². The molecule has 0 aliphatic carbocycles. The van der Waals surface area contributed by atoms with Gasteiger partial charge >= 0.3 is 0 Å². The van der Waals surface area contributed by atoms with Gasteiger partial charge in [-0.2, -0.15) is 0 Å². The average Bonchev–Trinajstić information content (AvgIpc) is 3.03. The molecule has 2 heterocycles. The van der Waals surface area contributed by atoms with Gasteiger partial charge in [0, 0.05) is 19.3 Å². The molecule has 24 heavy (non-hydrogen) atoms. The number of methoxy groups -OCH3 is 1. The van der Waals surface area contributed by atoms with E-state index in [4.69, 9.17) is 9.15 Å². The van der Waals surface area contributed by atoms with Crippen LogP contribution in [0.4, 0.5) is 5.69 Å². The average molecular weight is 328 g/mol. The fourth-order valence-electron chi connectivity index (χ4n) is 3.13. The molecule has 2 aromatic rings. The second kappa shape index (κ2) is 8.13. The number of amides is 1. The Hall–Kier alpha value is -2.11. The van der Waals surface area contributed by atoms with Crippen LogP contribution < -0.4 is 5.32 Å². The predicted octanol–water partition coefficient (Wildman–Crippen LogP) is 3.28. The topological polar surface area (TPSA) is 54.7 Å². The number of benzene rings is 1. The third-order valence-electron chi connectivity index (χ3n) is 4.30. The summed E-state index contributed by atoms with van der Waals surface area (Å²) < 4.78 is 10.8. The van der Waals surface area contributed by atoms with Crippen LogP contribution in [0.3, 0.4) is 0 Å². The van der Waals surface area contributed by atoms with Gasteiger partial charge in [0.2, 0.25) is 5.91 Å². The van der Waals surface area contributed by atoms with Crippen LogP contribution in [0.25, 0.3) is 0 Å². The molecule has 1 aliphatic rings. The number of carbonyl (C=O) groups is 1. The maximum absolute atomic E-state index is 12.5. The zero-order chi connectivity index (χ0) is 16.8. The summed E-state index contributed by atoms with van der Waals surface area (Å²) in [6, 6.07) is 13.6. The molecule has 0 spiro atoms. The Morgan fingerprint density at radius 3 is 2.83 bits per heavy atom. The van der Waals surface area contributed by atoms with Crippen molar-refractivity contribution in [1.82, 2.24) is 4.90 Å². The van der Waals surface area contributed by atoms with Crippen molar-refractivity contribution in [1.29, 1.82) is 0 Å². The minimum atomic E-state index is 0.0207. The normalized spacial score (nSPS) is 18.5. The van der Waals surface area contributed by atoms with Crippen LogP contribution in [-0.4, -0.2) is 31.0 Å². The SMILES string of the molecule is COCc1ccc(CN2CCC[C@H](C(=O)Nc3ccccc3)C2)o1. The minimum Gasteiger partial charge on any atom is -0.462 e. The third kappa shape index (κ3) is 4.46. The van der Waals surface area contributed by atoms with E-state index in [0.29, 0.717) is 6.61 Å². The van der Waals surface area contributed by atoms with E-state index >= 15 is 0 Å². The van der Waals surface area contributed by atoms with E-state index in [1.165, 1.54) is 0 Å². The highest BCUT2D eigenvalue weighted by atomic mass is 16.5. The predicted molar refractivity (Wildman–Crippen MR) is 92.5 cm³/mol. The maximum atomic E-state index is 12.5. The van der Waals surface area contributed by atoms with Gasteiger partial charge in [-0.15, -0.1) is 0 Å². The molecule has 1 fully saturated rings. The van der Waals surface area contributed by atoms with E-state index in [1.807, 2.05) is 42.5 Å². The lowest BCUT2D eigenvalue weighted by Crippen LogP contribution is -2.40. The molecule has 5 heteroatoms. The first-order valence-electron chi connectivity index (χ1n) is 8.39. The number of para-hydroxylation sites is 1. The molecule has 1 N–H and O–H groups in total. The van der Waals surface area contributed by atoms with Crippen LogP contribution >= 0.6 is 0 Å². The standard InChI is InChI=1S/C19H24N2O3/c1-23-14-18-10-9-17(24-18)13-21-11-5-6-15(12-21)19(22)20-16-7-3-2-4-8-16/h2-4,7-10,15H,5-6,11-14H2,1H3,(H,20,22)/t15-/m0/s1. The van der Waals surface area contributed by atoms with Crippen molar-refractivity contribution >= 4 is 11.6 Å². The van der Waals surface area contributed by atoms with Gasteiger partial charge < -0.3 is 14.5 Å². The molecule has 1 aliphatic heterocycles. The lowest BCUT2D eigenvalue weighted by Gasteiger charge is -2.31. The van der Waals surface area contributed by atoms with E-state index in [9.17, 15) is 4.79 Å². The Morgan fingerprint density at radius 1 is 1.25 bits per heavy atom. The van der Waals surface area contributed by atoms with Crippen molar-refractivity contribution in [3.63, 3.8) is 0 Å². The number of rotatable bonds is 6. The smallest absolute Gasteiger partial charge is 0.228 e. The lowest BCUT2D eigenvalue weighted by molar-refractivity contribution is -0.121. The Kier molecular flexibility index (Phi) is 5.67. The van der Waals surface area contributed by atoms with Gasteiger partial charge in [-0.3, -0.25) is 9.69 Å². The summed E-state index contributed by atoms with van der Waals surface area (Å²) in [5, 5.41) is 3.01. The summed E-state index contributed by atoms with van der Waals surface area (Å²) in [4.78, 5) is 14.8. The third-order valence-corrected chi connectivity index (χ3v) is 4.30. The number of nitrogens with one attached hydrogen (secondary N) is 1. The summed E-state index contributed by atoms with van der Waals surface area (Å²) in [6.45, 7) is 2.98. The van der Waals surface area contributed by atoms with Crippen molar-refractivity contribution in [3.05, 3.63) is 54.0 Å². The second-order valence-electron chi connectivity index (χ2n) is 6.23. The number of nitrogens with zero attached hydrogens (tertiary/aromatic N) is 1. The number of ether oxygens (including phenoxy) is 1. The Bertz CT molecular complexity index is 654. The molecule has 1 saturated heterocycles. The van der Waals surface area contributed by atoms with Gasteiger partial charge in [-0.05, 0) is 43.7 Å². The number of carbonyl (C=O) groups excluding carboxylic acids is 1. The van der Waals surface area contributed by atoms with E-state index in [2.05, 4.69) is 10.2 Å². The zero-order valence-electron chi connectivity index (χ0n) is 14.0. The number of hydrogen-bond acceptors (Lipinski definition) is 4. The molecule has 0 bridgehead atoms. The molecule has 1 aromatic heterocycles. The van der Waals surface area contributed by atoms with Crippen molar-refractivity contribution in [2.45, 2.75) is 26.0 Å². The van der Waals surface area contributed by atoms with Gasteiger partial charge in [0.1, 0.15) is 18.1 Å². The molecule has 0 unspecified atom stereocenters. The largest absolute Gasteiger partial charge is 0.462 e. The van der Waals surface area contributed by atoms with Crippen molar-refractivity contribution in [2.24, 2.45) is 5.92 Å². The van der Waals surface area contributed by atoms with Crippen LogP contribution in [0.2, 0.25) is 0 Å². The molecular weight excluding hydrogens is 304 g/mol. The van der Waals surface area contributed by atoms with Crippen LogP contribution in [0.5, 0.6) is 0 Å². The molecule has 128 valence electrons. The Labute approximate surface area is 142 Å². The number of piperidine rings is 1. The monoisotopic (exact) mass is 328 g/mol. The summed E-state index contributed by atoms with van der Waals surface area (Å²) in [5.74, 6) is 1.88. The van der Waals surface area contributed by atoms with E-state index < -0.39 is 0 Å². The van der Waals surface area contributed by atoms with E-state index in [1.54, 1.807) is 7.11 Å². The van der Waals surface area contributed by atoms with Gasteiger partial charge in [0.15, 0.2) is 0 Å². The zero-order valence-corrected chi connectivity index (χ0v) is 14.0. The summed E-state index contributed by atoms with van der Waals surface area (Å²) in [6.07, 6.45) is 1.96. The fraction of sp³-hybridized carbons (Fsp3) is 0.421. The highest BCUT2D eigenvalue weighted by molar-refractivity contribution is 5.92. The Balaban J connectivity index is 1.54. The van der Waals surface area contributed by atoms with Gasteiger partial charge in [0.25, 0.3) is 0 Å². The molecule has 1 atom stereocenters. The highest BCUT2D eigenvalue weighted by Gasteiger charge is 2.26. The summed E-state index contributed by atoms with van der Waals surface area (Å²) >= 11 is 0.